The fourth-order valence-electron chi connectivity index (χ4n) is 1.62. The highest BCUT2D eigenvalue weighted by atomic mass is 14.1. The van der Waals surface area contributed by atoms with Crippen LogP contribution in [-0.2, 0) is 0 Å². The van der Waals surface area contributed by atoms with Crippen LogP contribution in [0.2, 0.25) is 0 Å². The third-order valence-corrected chi connectivity index (χ3v) is 2.19. The summed E-state index contributed by atoms with van der Waals surface area (Å²) in [4.78, 5) is 0. The molecule has 2 aliphatic rings. The van der Waals surface area contributed by atoms with E-state index in [2.05, 4.69) is 18.2 Å². The van der Waals surface area contributed by atoms with Gasteiger partial charge in [-0.1, -0.05) is 23.8 Å². The minimum atomic E-state index is 1.31. The molecule has 0 amide bonds. The topological polar surface area (TPSA) is 0 Å². The number of allylic oxidation sites excluding steroid dienone is 6. The minimum Gasteiger partial charge on any atom is -0.0623 e. The van der Waals surface area contributed by atoms with Crippen LogP contribution in [0.1, 0.15) is 25.7 Å². The molecular formula is C10H11. The maximum atomic E-state index is 3.24. The largest absolute Gasteiger partial charge is 0.0623 e. The van der Waals surface area contributed by atoms with Crippen LogP contribution < -0.4 is 0 Å². The fraction of sp³-hybridized carbons (Fsp3) is 0.400. The number of rotatable bonds is 0. The van der Waals surface area contributed by atoms with Gasteiger partial charge in [0.15, 0.2) is 0 Å². The number of hydrogen-bond donors (Lipinski definition) is 0. The average molecular weight is 131 g/mol. The smallest absolute Gasteiger partial charge is 0.0106 e. The van der Waals surface area contributed by atoms with Gasteiger partial charge in [0.05, 0.1) is 0 Å². The maximum Gasteiger partial charge on any atom is -0.0106 e. The summed E-state index contributed by atoms with van der Waals surface area (Å²) in [6.07, 6.45) is 14.9. The normalized spacial score (nSPS) is 23.2. The van der Waals surface area contributed by atoms with E-state index < -0.39 is 0 Å². The van der Waals surface area contributed by atoms with Crippen molar-refractivity contribution in [2.45, 2.75) is 25.7 Å². The summed E-state index contributed by atoms with van der Waals surface area (Å²) in [6.45, 7) is 0. The van der Waals surface area contributed by atoms with E-state index in [1.807, 2.05) is 6.08 Å². The lowest BCUT2D eigenvalue weighted by atomic mass is 10.1. The molecule has 51 valence electrons. The Morgan fingerprint density at radius 3 is 2.60 bits per heavy atom. The molecule has 1 fully saturated rings. The summed E-state index contributed by atoms with van der Waals surface area (Å²) in [5, 5.41) is 0. The third kappa shape index (κ3) is 0.942. The van der Waals surface area contributed by atoms with Crippen LogP contribution in [0.15, 0.2) is 29.4 Å². The molecule has 2 aliphatic carbocycles. The molecule has 0 bridgehead atoms. The quantitative estimate of drug-likeness (QED) is 0.474. The van der Waals surface area contributed by atoms with E-state index in [4.69, 9.17) is 0 Å². The Balaban J connectivity index is 2.26. The second-order valence-corrected chi connectivity index (χ2v) is 2.89. The summed E-state index contributed by atoms with van der Waals surface area (Å²) in [5.74, 6) is 0. The van der Waals surface area contributed by atoms with Crippen molar-refractivity contribution in [2.75, 3.05) is 0 Å². The molecule has 1 saturated carbocycles. The highest BCUT2D eigenvalue weighted by Crippen LogP contribution is 2.28. The van der Waals surface area contributed by atoms with E-state index in [0.717, 1.165) is 0 Å². The van der Waals surface area contributed by atoms with Crippen LogP contribution in [0.4, 0.5) is 0 Å². The molecule has 2 rings (SSSR count). The maximum absolute atomic E-state index is 3.24. The molecule has 0 heterocycles. The molecule has 0 aromatic carbocycles. The van der Waals surface area contributed by atoms with Crippen molar-refractivity contribution in [1.82, 2.24) is 0 Å². The van der Waals surface area contributed by atoms with E-state index >= 15 is 0 Å². The van der Waals surface area contributed by atoms with E-state index in [9.17, 15) is 0 Å². The zero-order chi connectivity index (χ0) is 6.81. The van der Waals surface area contributed by atoms with Crippen LogP contribution >= 0.6 is 0 Å². The van der Waals surface area contributed by atoms with Crippen LogP contribution in [0.3, 0.4) is 0 Å². The van der Waals surface area contributed by atoms with Crippen molar-refractivity contribution in [3.8, 4) is 0 Å². The Bertz CT molecular complexity index is 194. The van der Waals surface area contributed by atoms with Crippen molar-refractivity contribution < 1.29 is 0 Å². The van der Waals surface area contributed by atoms with Gasteiger partial charge in [-0.15, -0.1) is 0 Å². The van der Waals surface area contributed by atoms with Gasteiger partial charge >= 0.3 is 0 Å². The first-order valence-electron chi connectivity index (χ1n) is 3.95. The Morgan fingerprint density at radius 2 is 2.00 bits per heavy atom. The van der Waals surface area contributed by atoms with Crippen molar-refractivity contribution in [2.24, 2.45) is 0 Å². The monoisotopic (exact) mass is 131 g/mol. The molecule has 0 spiro atoms. The van der Waals surface area contributed by atoms with E-state index in [-0.39, 0.29) is 0 Å². The summed E-state index contributed by atoms with van der Waals surface area (Å²) < 4.78 is 0. The Labute approximate surface area is 61.9 Å². The van der Waals surface area contributed by atoms with Crippen molar-refractivity contribution >= 4 is 0 Å². The molecular weight excluding hydrogens is 120 g/mol. The molecule has 0 unspecified atom stereocenters. The van der Waals surface area contributed by atoms with Crippen LogP contribution in [0.25, 0.3) is 0 Å². The Kier molecular flexibility index (Phi) is 1.46. The van der Waals surface area contributed by atoms with E-state index in [1.165, 1.54) is 31.3 Å². The molecule has 1 radical (unpaired) electrons. The van der Waals surface area contributed by atoms with Gasteiger partial charge in [0, 0.05) is 0 Å². The Hall–Kier alpha value is -0.780. The molecule has 0 N–H and O–H groups in total. The predicted molar refractivity (Wildman–Crippen MR) is 42.4 cm³/mol. The SMILES string of the molecule is [C]1=CC=CC1=C1CCCC1. The summed E-state index contributed by atoms with van der Waals surface area (Å²) >= 11 is 0. The molecule has 0 aromatic heterocycles. The Morgan fingerprint density at radius 1 is 1.20 bits per heavy atom. The lowest BCUT2D eigenvalue weighted by molar-refractivity contribution is 0.886. The van der Waals surface area contributed by atoms with Crippen molar-refractivity contribution in [3.63, 3.8) is 0 Å². The zero-order valence-corrected chi connectivity index (χ0v) is 6.06. The summed E-state index contributed by atoms with van der Waals surface area (Å²) in [6, 6.07) is 0. The third-order valence-electron chi connectivity index (χ3n) is 2.19. The van der Waals surface area contributed by atoms with Crippen LogP contribution in [-0.4, -0.2) is 0 Å². The first kappa shape index (κ1) is 5.96. The molecule has 0 atom stereocenters. The van der Waals surface area contributed by atoms with Gasteiger partial charge in [0.25, 0.3) is 0 Å². The lowest BCUT2D eigenvalue weighted by Gasteiger charge is -1.96. The molecule has 0 aromatic rings. The first-order chi connectivity index (χ1) is 4.97. The molecule has 0 heteroatoms. The van der Waals surface area contributed by atoms with E-state index in [1.54, 1.807) is 5.57 Å². The van der Waals surface area contributed by atoms with Gasteiger partial charge in [-0.05, 0) is 37.3 Å². The van der Waals surface area contributed by atoms with Gasteiger partial charge in [-0.3, -0.25) is 0 Å². The highest BCUT2D eigenvalue weighted by molar-refractivity contribution is 5.40. The van der Waals surface area contributed by atoms with Crippen molar-refractivity contribution in [1.29, 1.82) is 0 Å². The molecule has 0 saturated heterocycles. The zero-order valence-electron chi connectivity index (χ0n) is 6.06. The average Bonchev–Trinajstić information content (AvgIpc) is 2.59. The van der Waals surface area contributed by atoms with Crippen LogP contribution in [0, 0.1) is 6.08 Å². The molecule has 10 heavy (non-hydrogen) atoms. The van der Waals surface area contributed by atoms with Gasteiger partial charge in [0.2, 0.25) is 0 Å². The summed E-state index contributed by atoms with van der Waals surface area (Å²) in [5.41, 5.74) is 2.97. The second-order valence-electron chi connectivity index (χ2n) is 2.89. The standard InChI is InChI=1S/C10H11/c1-2-6-9(5-1)10-7-3-4-8-10/h1-2,5H,3-4,7-8H2. The van der Waals surface area contributed by atoms with Gasteiger partial charge in [0.1, 0.15) is 0 Å². The summed E-state index contributed by atoms with van der Waals surface area (Å²) in [7, 11) is 0. The van der Waals surface area contributed by atoms with Gasteiger partial charge < -0.3 is 0 Å². The number of hydrogen-bond acceptors (Lipinski definition) is 0. The molecule has 0 nitrogen and oxygen atoms in total. The predicted octanol–water partition coefficient (Wildman–Crippen LogP) is 2.79. The lowest BCUT2D eigenvalue weighted by Crippen LogP contribution is -1.77. The highest BCUT2D eigenvalue weighted by Gasteiger charge is 2.10. The van der Waals surface area contributed by atoms with Crippen LogP contribution in [0.5, 0.6) is 0 Å². The van der Waals surface area contributed by atoms with E-state index in [0.29, 0.717) is 0 Å². The second kappa shape index (κ2) is 2.45. The van der Waals surface area contributed by atoms with Gasteiger partial charge in [-0.25, -0.2) is 0 Å². The van der Waals surface area contributed by atoms with Gasteiger partial charge in [-0.2, -0.15) is 0 Å². The minimum absolute atomic E-state index is 1.31. The first-order valence-corrected chi connectivity index (χ1v) is 3.95. The molecule has 0 aliphatic heterocycles. The van der Waals surface area contributed by atoms with Crippen molar-refractivity contribution in [3.05, 3.63) is 35.5 Å². The fourth-order valence-corrected chi connectivity index (χ4v) is 1.62.